The first-order valence-corrected chi connectivity index (χ1v) is 5.47. The van der Waals surface area contributed by atoms with Gasteiger partial charge < -0.3 is 0 Å². The fourth-order valence-corrected chi connectivity index (χ4v) is 1.94. The van der Waals surface area contributed by atoms with Gasteiger partial charge in [-0.15, -0.1) is 0 Å². The molecule has 7 heteroatoms. The summed E-state index contributed by atoms with van der Waals surface area (Å²) in [5.41, 5.74) is 0. The van der Waals surface area contributed by atoms with Crippen LogP contribution in [0.3, 0.4) is 0 Å². The van der Waals surface area contributed by atoms with Gasteiger partial charge in [-0.05, 0) is 0 Å². The molecule has 1 aliphatic rings. The number of thiol groups is 3. The molecule has 0 atom stereocenters. The minimum atomic E-state index is 0. The van der Waals surface area contributed by atoms with Crippen molar-refractivity contribution in [3.63, 3.8) is 0 Å². The predicted octanol–water partition coefficient (Wildman–Crippen LogP) is -1.09. The maximum atomic E-state index is 4.22. The van der Waals surface area contributed by atoms with Crippen molar-refractivity contribution in [2.45, 2.75) is 0 Å². The molecule has 0 N–H and O–H groups in total. The van der Waals surface area contributed by atoms with Crippen molar-refractivity contribution >= 4 is 58.8 Å². The van der Waals surface area contributed by atoms with Gasteiger partial charge in [-0.3, -0.25) is 0 Å². The van der Waals surface area contributed by atoms with Crippen LogP contribution in [0.2, 0.25) is 0 Å². The quantitative estimate of drug-likeness (QED) is 0.144. The molecule has 0 aromatic carbocycles. The Kier molecular flexibility index (Phi) is 7.53. The van der Waals surface area contributed by atoms with E-state index in [1.165, 1.54) is 0 Å². The molecule has 1 saturated heterocycles. The fourth-order valence-electron chi connectivity index (χ4n) is 1.12. The third kappa shape index (κ3) is 4.62. The summed E-state index contributed by atoms with van der Waals surface area (Å²) < 4.78 is 3.82. The van der Waals surface area contributed by atoms with Gasteiger partial charge in [-0.2, -0.15) is 4.90 Å². The van der Waals surface area contributed by atoms with E-state index < -0.39 is 0 Å². The number of nitrogens with zero attached hydrogens (tertiary/aromatic N) is 2. The van der Waals surface area contributed by atoms with Gasteiger partial charge in [-0.1, -0.05) is 25.3 Å². The van der Waals surface area contributed by atoms with E-state index in [2.05, 4.69) is 59.6 Å². The van der Waals surface area contributed by atoms with Crippen LogP contribution in [0.5, 0.6) is 0 Å². The zero-order valence-corrected chi connectivity index (χ0v) is 13.9. The minimum Gasteiger partial charge on any atom is -0.216 e. The molecule has 1 aliphatic heterocycles. The van der Waals surface area contributed by atoms with Crippen molar-refractivity contribution in [2.24, 2.45) is 0 Å². The maximum Gasteiger partial charge on any atom is 2.00 e. The minimum absolute atomic E-state index is 0. The van der Waals surface area contributed by atoms with Crippen LogP contribution in [0.15, 0.2) is 0 Å². The number of hydrogen-bond donors (Lipinski definition) is 2. The van der Waals surface area contributed by atoms with Gasteiger partial charge in [0.05, 0.1) is 25.7 Å². The van der Waals surface area contributed by atoms with Crippen LogP contribution in [0, 0.1) is 0 Å². The van der Waals surface area contributed by atoms with Gasteiger partial charge in [0, 0.05) is 0 Å². The molecule has 0 amide bonds. The molecule has 0 aliphatic carbocycles. The zero-order valence-electron chi connectivity index (χ0n) is 7.27. The first kappa shape index (κ1) is 14.4. The Morgan fingerprint density at radius 2 is 1.77 bits per heavy atom. The second kappa shape index (κ2) is 6.80. The van der Waals surface area contributed by atoms with E-state index in [4.69, 9.17) is 0 Å². The Balaban J connectivity index is 0.00000144. The predicted molar refractivity (Wildman–Crippen MR) is 68.5 cm³/mol. The Labute approximate surface area is 113 Å². The van der Waals surface area contributed by atoms with Crippen molar-refractivity contribution in [3.8, 4) is 0 Å². The van der Waals surface area contributed by atoms with Gasteiger partial charge in [0.2, 0.25) is 12.2 Å². The summed E-state index contributed by atoms with van der Waals surface area (Å²) in [6.07, 6.45) is 0. The fraction of sp³-hybridized carbons (Fsp3) is 0.667. The van der Waals surface area contributed by atoms with E-state index in [-0.39, 0.29) is 19.5 Å². The molecule has 68 valence electrons. The van der Waals surface area contributed by atoms with Crippen molar-refractivity contribution < 1.29 is 24.1 Å². The van der Waals surface area contributed by atoms with Crippen LogP contribution >= 0.6 is 25.3 Å². The maximum absolute atomic E-state index is 4.22. The van der Waals surface area contributed by atoms with E-state index in [1.807, 2.05) is 0 Å². The van der Waals surface area contributed by atoms with Crippen molar-refractivity contribution in [2.75, 3.05) is 26.2 Å². The third-order valence-electron chi connectivity index (χ3n) is 1.86. The summed E-state index contributed by atoms with van der Waals surface area (Å²) in [5.74, 6) is 0. The van der Waals surface area contributed by atoms with Crippen LogP contribution in [0.25, 0.3) is 0 Å². The SMILES string of the molecule is SC(S)=[N+]1CCN(C(=[SH+])[SH2+])CC1.[Zn+2]. The van der Waals surface area contributed by atoms with Crippen LogP contribution < -0.4 is 0 Å². The molecule has 2 nitrogen and oxygen atoms in total. The molecule has 0 aromatic rings. The molecule has 1 heterocycles. The first-order valence-electron chi connectivity index (χ1n) is 3.63. The molecule has 1 rings (SSSR count). The van der Waals surface area contributed by atoms with Gasteiger partial charge in [0.15, 0.2) is 13.1 Å². The molecular weight excluding hydrogens is 294 g/mol. The monoisotopic (exact) mass is 305 g/mol. The summed E-state index contributed by atoms with van der Waals surface area (Å²) >= 11 is 15.9. The molecule has 13 heavy (non-hydrogen) atoms. The topological polar surface area (TPSA) is 6.25 Å². The first-order chi connectivity index (χ1) is 5.61. The molecule has 0 unspecified atom stereocenters. The summed E-state index contributed by atoms with van der Waals surface area (Å²) in [6, 6.07) is 0. The summed E-state index contributed by atoms with van der Waals surface area (Å²) in [7, 11) is 0. The van der Waals surface area contributed by atoms with Gasteiger partial charge in [0.1, 0.15) is 0 Å². The van der Waals surface area contributed by atoms with Gasteiger partial charge in [0.25, 0.3) is 4.38 Å². The Morgan fingerprint density at radius 3 is 2.08 bits per heavy atom. The standard InChI is InChI=1S/C6H10N2S4.Zn/c9-5(10)7-1-2-8(4-3-7)6(11)12;/h1-4H2,(H2,9,10,11,12);/q;+2/p+3. The largest absolute Gasteiger partial charge is 2.00 e. The normalized spacial score (nSPS) is 17.9. The average Bonchev–Trinajstić information content (AvgIpc) is 2.04. The summed E-state index contributed by atoms with van der Waals surface area (Å²) in [4.78, 5) is 2.17. The van der Waals surface area contributed by atoms with Crippen molar-refractivity contribution in [3.05, 3.63) is 0 Å². The average molecular weight is 307 g/mol. The van der Waals surface area contributed by atoms with E-state index in [1.54, 1.807) is 0 Å². The van der Waals surface area contributed by atoms with Gasteiger partial charge in [-0.25, -0.2) is 4.58 Å². The summed E-state index contributed by atoms with van der Waals surface area (Å²) in [6.45, 7) is 3.84. The van der Waals surface area contributed by atoms with E-state index in [0.29, 0.717) is 0 Å². The number of rotatable bonds is 0. The van der Waals surface area contributed by atoms with Crippen LogP contribution in [-0.4, -0.2) is 44.4 Å². The van der Waals surface area contributed by atoms with E-state index in [9.17, 15) is 0 Å². The van der Waals surface area contributed by atoms with Crippen LogP contribution in [-0.2, 0) is 44.3 Å². The third-order valence-corrected chi connectivity index (χ3v) is 3.03. The van der Waals surface area contributed by atoms with Crippen molar-refractivity contribution in [1.82, 2.24) is 4.90 Å². The Bertz CT molecular complexity index is 217. The second-order valence-electron chi connectivity index (χ2n) is 2.60. The smallest absolute Gasteiger partial charge is 0.216 e. The van der Waals surface area contributed by atoms with Gasteiger partial charge >= 0.3 is 23.8 Å². The molecule has 0 spiro atoms. The van der Waals surface area contributed by atoms with Crippen LogP contribution in [0.1, 0.15) is 0 Å². The Hall–Kier alpha value is 1.39. The molecule has 1 fully saturated rings. The molecule has 0 bridgehead atoms. The summed E-state index contributed by atoms with van der Waals surface area (Å²) in [5, 5.41) is 0. The second-order valence-corrected chi connectivity index (χ2v) is 5.12. The Morgan fingerprint density at radius 1 is 1.31 bits per heavy atom. The molecule has 0 aromatic heterocycles. The molecular formula is C6H13N2S4Zn+5. The van der Waals surface area contributed by atoms with Crippen molar-refractivity contribution in [1.29, 1.82) is 0 Å². The van der Waals surface area contributed by atoms with E-state index >= 15 is 0 Å². The van der Waals surface area contributed by atoms with Crippen LogP contribution in [0.4, 0.5) is 0 Å². The van der Waals surface area contributed by atoms with E-state index in [0.717, 1.165) is 34.9 Å². The molecule has 0 saturated carbocycles. The number of hydrogen-bond acceptors (Lipinski definition) is 0. The number of piperazine rings is 1. The zero-order chi connectivity index (χ0) is 9.14. The molecule has 0 radical (unpaired) electrons.